The number of benzene rings is 3. The largest absolute Gasteiger partial charge is 0.507 e. The Labute approximate surface area is 232 Å². The van der Waals surface area contributed by atoms with E-state index in [-0.39, 0.29) is 16.5 Å². The van der Waals surface area contributed by atoms with E-state index in [1.165, 1.54) is 30.5 Å². The van der Waals surface area contributed by atoms with E-state index in [1.54, 1.807) is 55.6 Å². The summed E-state index contributed by atoms with van der Waals surface area (Å²) < 4.78 is 28.5. The van der Waals surface area contributed by atoms with Crippen molar-refractivity contribution in [3.8, 4) is 28.7 Å². The molecule has 1 atom stereocenters. The standard InChI is InChI=1S/C29H24N2O8S/c1-35-16-8-9-18-22(14-16)40-29(30-18)31-24(17-5-4-6-20(36-2)27(17)37-3)23(26(33)28(31)34)25(32)15-7-10-19-21(13-15)39-12-11-38-19/h4-10,13-14,24,32H,11-12H2,1-3H3/b25-23+. The molecule has 1 aromatic heterocycles. The molecule has 0 spiro atoms. The van der Waals surface area contributed by atoms with Gasteiger partial charge in [0.2, 0.25) is 0 Å². The lowest BCUT2D eigenvalue weighted by Crippen LogP contribution is -2.29. The number of Topliss-reactive ketones (excluding diaryl/α,β-unsaturated/α-hetero) is 1. The van der Waals surface area contributed by atoms with Crippen LogP contribution in [0.3, 0.4) is 0 Å². The lowest BCUT2D eigenvalue weighted by atomic mass is 9.94. The molecule has 1 fully saturated rings. The monoisotopic (exact) mass is 560 g/mol. The van der Waals surface area contributed by atoms with E-state index in [0.29, 0.717) is 58.6 Å². The number of thiazole rings is 1. The zero-order chi connectivity index (χ0) is 28.0. The molecule has 0 saturated carbocycles. The fourth-order valence-electron chi connectivity index (χ4n) is 4.92. The minimum absolute atomic E-state index is 0.120. The Balaban J connectivity index is 1.58. The van der Waals surface area contributed by atoms with Crippen LogP contribution in [0.25, 0.3) is 16.0 Å². The van der Waals surface area contributed by atoms with Crippen LogP contribution in [0, 0.1) is 0 Å². The smallest absolute Gasteiger partial charge is 0.301 e. The van der Waals surface area contributed by atoms with Gasteiger partial charge in [0, 0.05) is 11.1 Å². The van der Waals surface area contributed by atoms with Gasteiger partial charge in [0.05, 0.1) is 37.1 Å². The number of methoxy groups -OCH3 is 3. The van der Waals surface area contributed by atoms with Crippen LogP contribution >= 0.6 is 11.3 Å². The minimum Gasteiger partial charge on any atom is -0.507 e. The SMILES string of the molecule is COc1ccc2nc(N3C(=O)C(=O)/C(=C(/O)c4ccc5c(c4)OCCO5)C3c3cccc(OC)c3OC)sc2c1. The van der Waals surface area contributed by atoms with Crippen LogP contribution in [0.4, 0.5) is 5.13 Å². The van der Waals surface area contributed by atoms with Crippen LogP contribution < -0.4 is 28.6 Å². The highest BCUT2D eigenvalue weighted by Gasteiger charge is 2.49. The molecule has 10 nitrogen and oxygen atoms in total. The molecule has 3 heterocycles. The first kappa shape index (κ1) is 25.5. The summed E-state index contributed by atoms with van der Waals surface area (Å²) in [5.74, 6) is 0.250. The van der Waals surface area contributed by atoms with E-state index in [9.17, 15) is 14.7 Å². The normalized spacial score (nSPS) is 17.8. The van der Waals surface area contributed by atoms with Crippen LogP contribution in [0.2, 0.25) is 0 Å². The van der Waals surface area contributed by atoms with Gasteiger partial charge in [-0.2, -0.15) is 0 Å². The average Bonchev–Trinajstić information content (AvgIpc) is 3.53. The zero-order valence-corrected chi connectivity index (χ0v) is 22.6. The summed E-state index contributed by atoms with van der Waals surface area (Å²) in [6.45, 7) is 0.762. The number of amides is 1. The quantitative estimate of drug-likeness (QED) is 0.203. The lowest BCUT2D eigenvalue weighted by molar-refractivity contribution is -0.132. The summed E-state index contributed by atoms with van der Waals surface area (Å²) in [5, 5.41) is 11.9. The fourth-order valence-corrected chi connectivity index (χ4v) is 5.94. The minimum atomic E-state index is -1.07. The van der Waals surface area contributed by atoms with Gasteiger partial charge in [-0.15, -0.1) is 0 Å². The summed E-state index contributed by atoms with van der Waals surface area (Å²) in [4.78, 5) is 33.3. The van der Waals surface area contributed by atoms with Crippen LogP contribution in [0.1, 0.15) is 17.2 Å². The second-order valence-electron chi connectivity index (χ2n) is 8.94. The molecule has 0 bridgehead atoms. The second-order valence-corrected chi connectivity index (χ2v) is 9.95. The number of ketones is 1. The number of aliphatic hydroxyl groups is 1. The number of aromatic nitrogens is 1. The highest BCUT2D eigenvalue weighted by Crippen LogP contribution is 2.49. The van der Waals surface area contributed by atoms with Gasteiger partial charge in [0.25, 0.3) is 5.78 Å². The molecule has 1 N–H and O–H groups in total. The van der Waals surface area contributed by atoms with Gasteiger partial charge >= 0.3 is 5.91 Å². The topological polar surface area (TPSA) is 117 Å². The number of para-hydroxylation sites is 1. The number of fused-ring (bicyclic) bond motifs is 2. The van der Waals surface area contributed by atoms with Crippen molar-refractivity contribution in [2.24, 2.45) is 0 Å². The molecule has 11 heteroatoms. The number of ether oxygens (including phenoxy) is 5. The first-order valence-corrected chi connectivity index (χ1v) is 13.1. The summed E-state index contributed by atoms with van der Waals surface area (Å²) in [7, 11) is 4.53. The van der Waals surface area contributed by atoms with Crippen LogP contribution in [-0.2, 0) is 9.59 Å². The van der Waals surface area contributed by atoms with Crippen molar-refractivity contribution in [3.05, 3.63) is 71.3 Å². The van der Waals surface area contributed by atoms with Crippen LogP contribution in [0.15, 0.2) is 60.2 Å². The van der Waals surface area contributed by atoms with Crippen molar-refractivity contribution in [2.45, 2.75) is 6.04 Å². The molecule has 4 aromatic rings. The van der Waals surface area contributed by atoms with E-state index in [4.69, 9.17) is 23.7 Å². The maximum absolute atomic E-state index is 13.7. The third-order valence-electron chi connectivity index (χ3n) is 6.78. The second kappa shape index (κ2) is 10.1. The molecule has 0 aliphatic carbocycles. The molecule has 1 amide bonds. The summed E-state index contributed by atoms with van der Waals surface area (Å²) in [6, 6.07) is 14.3. The maximum atomic E-state index is 13.7. The number of nitrogens with zero attached hydrogens (tertiary/aromatic N) is 2. The molecule has 2 aliphatic heterocycles. The third kappa shape index (κ3) is 4.06. The summed E-state index contributed by atoms with van der Waals surface area (Å²) >= 11 is 1.23. The van der Waals surface area contributed by atoms with Gasteiger partial charge in [0.15, 0.2) is 28.1 Å². The molecule has 40 heavy (non-hydrogen) atoms. The highest BCUT2D eigenvalue weighted by molar-refractivity contribution is 7.22. The maximum Gasteiger partial charge on any atom is 0.301 e. The third-order valence-corrected chi connectivity index (χ3v) is 7.80. The number of hydrogen-bond acceptors (Lipinski definition) is 10. The number of carbonyl (C=O) groups excluding carboxylic acids is 2. The van der Waals surface area contributed by atoms with Crippen molar-refractivity contribution < 1.29 is 38.4 Å². The molecule has 204 valence electrons. The number of anilines is 1. The molecule has 3 aromatic carbocycles. The van der Waals surface area contributed by atoms with Gasteiger partial charge in [-0.25, -0.2) is 4.98 Å². The van der Waals surface area contributed by atoms with E-state index in [2.05, 4.69) is 4.98 Å². The predicted octanol–water partition coefficient (Wildman–Crippen LogP) is 4.72. The molecular formula is C29H24N2O8S. The Kier molecular flexibility index (Phi) is 6.43. The summed E-state index contributed by atoms with van der Waals surface area (Å²) in [5.41, 5.74) is 1.25. The molecular weight excluding hydrogens is 536 g/mol. The Bertz CT molecular complexity index is 1690. The van der Waals surface area contributed by atoms with Gasteiger partial charge in [-0.05, 0) is 42.5 Å². The number of carbonyl (C=O) groups is 2. The number of rotatable bonds is 6. The van der Waals surface area contributed by atoms with Crippen molar-refractivity contribution in [3.63, 3.8) is 0 Å². The van der Waals surface area contributed by atoms with E-state index >= 15 is 0 Å². The van der Waals surface area contributed by atoms with Crippen molar-refractivity contribution in [1.29, 1.82) is 0 Å². The van der Waals surface area contributed by atoms with E-state index < -0.39 is 17.7 Å². The average molecular weight is 561 g/mol. The van der Waals surface area contributed by atoms with Crippen molar-refractivity contribution in [2.75, 3.05) is 39.4 Å². The van der Waals surface area contributed by atoms with Gasteiger partial charge in [0.1, 0.15) is 30.8 Å². The molecule has 0 radical (unpaired) electrons. The van der Waals surface area contributed by atoms with Gasteiger partial charge in [-0.1, -0.05) is 23.5 Å². The molecule has 6 rings (SSSR count). The van der Waals surface area contributed by atoms with Crippen molar-refractivity contribution >= 4 is 44.1 Å². The zero-order valence-electron chi connectivity index (χ0n) is 21.8. The Morgan fingerprint density at radius 3 is 2.52 bits per heavy atom. The van der Waals surface area contributed by atoms with Crippen molar-refractivity contribution in [1.82, 2.24) is 4.98 Å². The first-order valence-electron chi connectivity index (χ1n) is 12.3. The molecule has 1 unspecified atom stereocenters. The molecule has 1 saturated heterocycles. The Hall–Kier alpha value is -4.77. The van der Waals surface area contributed by atoms with Crippen LogP contribution in [0.5, 0.6) is 28.7 Å². The van der Waals surface area contributed by atoms with E-state index in [0.717, 1.165) is 4.70 Å². The van der Waals surface area contributed by atoms with Gasteiger partial charge < -0.3 is 28.8 Å². The van der Waals surface area contributed by atoms with Crippen LogP contribution in [-0.4, -0.2) is 56.3 Å². The fraction of sp³-hybridized carbons (Fsp3) is 0.207. The lowest BCUT2D eigenvalue weighted by Gasteiger charge is -2.25. The van der Waals surface area contributed by atoms with Gasteiger partial charge in [-0.3, -0.25) is 14.5 Å². The number of aliphatic hydroxyl groups excluding tert-OH is 1. The Morgan fingerprint density at radius 1 is 0.975 bits per heavy atom. The molecule has 2 aliphatic rings. The van der Waals surface area contributed by atoms with E-state index in [1.807, 2.05) is 6.07 Å². The number of hydrogen-bond donors (Lipinski definition) is 1. The highest BCUT2D eigenvalue weighted by atomic mass is 32.1. The predicted molar refractivity (Wildman–Crippen MR) is 148 cm³/mol. The first-order chi connectivity index (χ1) is 19.4. The Morgan fingerprint density at radius 2 is 1.77 bits per heavy atom. The summed E-state index contributed by atoms with van der Waals surface area (Å²) in [6.07, 6.45) is 0.